The monoisotopic (exact) mass is 575 g/mol. The van der Waals surface area contributed by atoms with Gasteiger partial charge in [-0.3, -0.25) is 9.78 Å². The summed E-state index contributed by atoms with van der Waals surface area (Å²) in [6, 6.07) is 27.5. The van der Waals surface area contributed by atoms with Crippen molar-refractivity contribution in [2.24, 2.45) is 0 Å². The first-order valence-electron chi connectivity index (χ1n) is 13.0. The lowest BCUT2D eigenvalue weighted by Crippen LogP contribution is -2.42. The zero-order valence-electron chi connectivity index (χ0n) is 22.5. The number of aromatic nitrogens is 1. The van der Waals surface area contributed by atoms with Crippen LogP contribution in [0.2, 0.25) is 0 Å². The van der Waals surface area contributed by atoms with Crippen LogP contribution in [-0.4, -0.2) is 53.6 Å². The molecule has 0 unspecified atom stereocenters. The second-order valence-electron chi connectivity index (χ2n) is 9.45. The predicted octanol–water partition coefficient (Wildman–Crippen LogP) is 5.40. The highest BCUT2D eigenvalue weighted by Gasteiger charge is 2.31. The summed E-state index contributed by atoms with van der Waals surface area (Å²) in [6.07, 6.45) is 1.96. The number of benzene rings is 3. The number of carbonyl (C=O) groups is 1. The molecule has 9 heteroatoms. The summed E-state index contributed by atoms with van der Waals surface area (Å²) in [5.41, 5.74) is 3.02. The minimum Gasteiger partial charge on any atom is -0.387 e. The molecule has 40 heavy (non-hydrogen) atoms. The molecule has 7 nitrogen and oxygen atoms in total. The maximum atomic E-state index is 14.0. The molecule has 0 saturated heterocycles. The van der Waals surface area contributed by atoms with Crippen molar-refractivity contribution in [2.45, 2.75) is 35.0 Å². The molecular formula is C31H33N3O4S2. The highest BCUT2D eigenvalue weighted by Crippen LogP contribution is 2.33. The molecule has 0 aliphatic heterocycles. The molecule has 3 aromatic carbocycles. The summed E-state index contributed by atoms with van der Waals surface area (Å²) < 4.78 is 28.3. The van der Waals surface area contributed by atoms with E-state index >= 15 is 0 Å². The zero-order valence-corrected chi connectivity index (χ0v) is 24.1. The molecule has 0 spiro atoms. The average Bonchev–Trinajstić information content (AvgIpc) is 2.97. The van der Waals surface area contributed by atoms with Crippen molar-refractivity contribution in [1.29, 1.82) is 0 Å². The number of hydrogen-bond acceptors (Lipinski definition) is 7. The van der Waals surface area contributed by atoms with E-state index in [1.165, 1.54) is 36.3 Å². The van der Waals surface area contributed by atoms with Gasteiger partial charge in [0.1, 0.15) is 4.90 Å². The van der Waals surface area contributed by atoms with Gasteiger partial charge in [-0.1, -0.05) is 80.6 Å². The lowest BCUT2D eigenvalue weighted by molar-refractivity contribution is 0.0857. The highest BCUT2D eigenvalue weighted by molar-refractivity contribution is 8.00. The van der Waals surface area contributed by atoms with Crippen molar-refractivity contribution >= 4 is 27.7 Å². The molecule has 0 aliphatic carbocycles. The van der Waals surface area contributed by atoms with Crippen LogP contribution in [0.15, 0.2) is 113 Å². The fourth-order valence-corrected chi connectivity index (χ4v) is 6.50. The average molecular weight is 576 g/mol. The van der Waals surface area contributed by atoms with Crippen LogP contribution >= 0.6 is 11.8 Å². The molecule has 2 N–H and O–H groups in total. The van der Waals surface area contributed by atoms with Crippen LogP contribution in [0.3, 0.4) is 0 Å². The van der Waals surface area contributed by atoms with E-state index in [4.69, 9.17) is 0 Å². The van der Waals surface area contributed by atoms with Crippen molar-refractivity contribution in [1.82, 2.24) is 14.6 Å². The molecule has 0 fully saturated rings. The van der Waals surface area contributed by atoms with E-state index in [9.17, 15) is 18.3 Å². The second-order valence-corrected chi connectivity index (χ2v) is 12.9. The molecule has 1 heterocycles. The molecule has 208 valence electrons. The van der Waals surface area contributed by atoms with E-state index in [1.54, 1.807) is 6.07 Å². The summed E-state index contributed by atoms with van der Waals surface area (Å²) >= 11 is 1.51. The van der Waals surface area contributed by atoms with Crippen LogP contribution < -0.4 is 5.32 Å². The van der Waals surface area contributed by atoms with E-state index in [-0.39, 0.29) is 29.8 Å². The third kappa shape index (κ3) is 7.37. The number of nitrogens with zero attached hydrogens (tertiary/aromatic N) is 2. The van der Waals surface area contributed by atoms with Crippen LogP contribution in [-0.2, 0) is 10.0 Å². The Morgan fingerprint density at radius 2 is 1.65 bits per heavy atom. The van der Waals surface area contributed by atoms with Crippen molar-refractivity contribution in [3.05, 3.63) is 115 Å². The van der Waals surface area contributed by atoms with E-state index < -0.39 is 22.0 Å². The molecule has 1 aromatic heterocycles. The molecular weight excluding hydrogens is 542 g/mol. The maximum absolute atomic E-state index is 14.0. The number of sulfonamides is 1. The van der Waals surface area contributed by atoms with E-state index in [2.05, 4.69) is 10.3 Å². The van der Waals surface area contributed by atoms with Crippen LogP contribution in [0.25, 0.3) is 11.1 Å². The van der Waals surface area contributed by atoms with Gasteiger partial charge in [0.2, 0.25) is 0 Å². The number of amides is 1. The molecule has 0 aliphatic rings. The molecule has 0 saturated carbocycles. The number of nitrogens with one attached hydrogen (secondary N) is 1. The molecule has 1 atom stereocenters. The van der Waals surface area contributed by atoms with Crippen molar-refractivity contribution in [3.8, 4) is 11.1 Å². The van der Waals surface area contributed by atoms with Gasteiger partial charge in [-0.15, -0.1) is 11.8 Å². The van der Waals surface area contributed by atoms with Crippen LogP contribution in [0.1, 0.15) is 35.9 Å². The van der Waals surface area contributed by atoms with Gasteiger partial charge < -0.3 is 10.4 Å². The standard InChI is InChI=1S/C31H33N3O4S2/c1-23(2)39-30-20-26(24-10-5-3-6-11-24)15-16-28(30)31(36)34(40(37,38)27-14-9-17-32-21-27)19-18-33-22-29(35)25-12-7-4-8-13-25/h3-17,20-21,23,29,33,35H,18-19,22H2,1-2H3/t29-/m0/s1. The Bertz CT molecular complexity index is 1500. The van der Waals surface area contributed by atoms with Crippen molar-refractivity contribution in [3.63, 3.8) is 0 Å². The Balaban J connectivity index is 1.62. The number of thioether (sulfide) groups is 1. The van der Waals surface area contributed by atoms with Gasteiger partial charge in [0, 0.05) is 35.6 Å². The second kappa shape index (κ2) is 13.7. The molecule has 1 amide bonds. The Kier molecular flexibility index (Phi) is 10.1. The molecule has 4 rings (SSSR count). The Morgan fingerprint density at radius 1 is 0.950 bits per heavy atom. The number of aliphatic hydroxyl groups excluding tert-OH is 1. The summed E-state index contributed by atoms with van der Waals surface area (Å²) in [5, 5.41) is 13.7. The van der Waals surface area contributed by atoms with Crippen LogP contribution in [0, 0.1) is 0 Å². The largest absolute Gasteiger partial charge is 0.387 e. The fourth-order valence-electron chi connectivity index (χ4n) is 4.17. The molecule has 4 aromatic rings. The normalized spacial score (nSPS) is 12.3. The first-order valence-corrected chi connectivity index (χ1v) is 15.4. The van der Waals surface area contributed by atoms with Gasteiger partial charge in [0.05, 0.1) is 18.2 Å². The first kappa shape index (κ1) is 29.5. The quantitative estimate of drug-likeness (QED) is 0.172. The van der Waals surface area contributed by atoms with E-state index in [1.807, 2.05) is 86.6 Å². The SMILES string of the molecule is CC(C)Sc1cc(-c2ccccc2)ccc1C(=O)N(CCNC[C@H](O)c1ccccc1)S(=O)(=O)c1cccnc1. The van der Waals surface area contributed by atoms with E-state index in [0.29, 0.717) is 10.5 Å². The van der Waals surface area contributed by atoms with Crippen LogP contribution in [0.5, 0.6) is 0 Å². The van der Waals surface area contributed by atoms with Gasteiger partial charge in [-0.25, -0.2) is 12.7 Å². The number of pyridine rings is 1. The summed E-state index contributed by atoms with van der Waals surface area (Å²) in [7, 11) is -4.20. The fraction of sp³-hybridized carbons (Fsp3) is 0.226. The number of hydrogen-bond donors (Lipinski definition) is 2. The smallest absolute Gasteiger partial charge is 0.268 e. The van der Waals surface area contributed by atoms with Crippen molar-refractivity contribution < 1.29 is 18.3 Å². The maximum Gasteiger partial charge on any atom is 0.268 e. The van der Waals surface area contributed by atoms with E-state index in [0.717, 1.165) is 21.0 Å². The third-order valence-electron chi connectivity index (χ3n) is 6.14. The van der Waals surface area contributed by atoms with Crippen molar-refractivity contribution in [2.75, 3.05) is 19.6 Å². The van der Waals surface area contributed by atoms with Gasteiger partial charge in [0.25, 0.3) is 15.9 Å². The number of rotatable bonds is 12. The summed E-state index contributed by atoms with van der Waals surface area (Å²) in [6.45, 7) is 4.30. The molecule has 0 bridgehead atoms. The van der Waals surface area contributed by atoms with Gasteiger partial charge in [-0.2, -0.15) is 0 Å². The lowest BCUT2D eigenvalue weighted by Gasteiger charge is -2.24. The lowest BCUT2D eigenvalue weighted by atomic mass is 10.0. The molecule has 0 radical (unpaired) electrons. The van der Waals surface area contributed by atoms with Gasteiger partial charge in [-0.05, 0) is 41.0 Å². The van der Waals surface area contributed by atoms with Gasteiger partial charge in [0.15, 0.2) is 0 Å². The van der Waals surface area contributed by atoms with Crippen LogP contribution in [0.4, 0.5) is 0 Å². The Labute approximate surface area is 240 Å². The summed E-state index contributed by atoms with van der Waals surface area (Å²) in [4.78, 5) is 18.6. The zero-order chi connectivity index (χ0) is 28.5. The number of carbonyl (C=O) groups excluding carboxylic acids is 1. The minimum absolute atomic E-state index is 0.0633. The topological polar surface area (TPSA) is 99.6 Å². The number of aliphatic hydroxyl groups is 1. The Hall–Kier alpha value is -3.50. The predicted molar refractivity (Wildman–Crippen MR) is 160 cm³/mol. The Morgan fingerprint density at radius 3 is 2.30 bits per heavy atom. The third-order valence-corrected chi connectivity index (χ3v) is 8.97. The first-order chi connectivity index (χ1) is 19.3. The summed E-state index contributed by atoms with van der Waals surface area (Å²) in [5.74, 6) is -0.614. The minimum atomic E-state index is -4.20. The van der Waals surface area contributed by atoms with Gasteiger partial charge >= 0.3 is 0 Å². The highest BCUT2D eigenvalue weighted by atomic mass is 32.2.